The van der Waals surface area contributed by atoms with Crippen LogP contribution in [0, 0.1) is 0 Å². The fraction of sp³-hybridized carbons (Fsp3) is 0.321. The van der Waals surface area contributed by atoms with E-state index >= 15 is 0 Å². The van der Waals surface area contributed by atoms with Crippen LogP contribution in [0.15, 0.2) is 61.4 Å². The van der Waals surface area contributed by atoms with E-state index in [1.807, 2.05) is 4.68 Å². The zero-order chi connectivity index (χ0) is 29.1. The van der Waals surface area contributed by atoms with Gasteiger partial charge < -0.3 is 19.7 Å². The van der Waals surface area contributed by atoms with Gasteiger partial charge in [-0.2, -0.15) is 24.1 Å². The molecular weight excluding hydrogens is 548 g/mol. The standard InChI is InChI=1S/C28H29F2N9O3/c1-36-18-23(34-27(40)22-16-33-39-11-5-8-31-26(22)39)25(35-36)21-14-19(6-7-24(21)42-28(29)30)41-20-15-32-38(17-20)13-12-37-9-3-2-4-10-37/h5-8,11,14-18,28H,2-4,9-10,12-13H2,1H3,(H,34,40). The first-order valence-electron chi connectivity index (χ1n) is 13.6. The second-order valence-electron chi connectivity index (χ2n) is 9.95. The van der Waals surface area contributed by atoms with E-state index < -0.39 is 12.5 Å². The summed E-state index contributed by atoms with van der Waals surface area (Å²) < 4.78 is 42.3. The van der Waals surface area contributed by atoms with Gasteiger partial charge in [0.25, 0.3) is 5.91 Å². The lowest BCUT2D eigenvalue weighted by Gasteiger charge is -2.26. The number of hydrogen-bond acceptors (Lipinski definition) is 8. The molecule has 1 aromatic carbocycles. The van der Waals surface area contributed by atoms with Crippen LogP contribution in [0.1, 0.15) is 29.6 Å². The van der Waals surface area contributed by atoms with Crippen LogP contribution in [0.25, 0.3) is 16.9 Å². The van der Waals surface area contributed by atoms with E-state index in [1.165, 1.54) is 52.9 Å². The van der Waals surface area contributed by atoms with Crippen molar-refractivity contribution in [1.82, 2.24) is 39.1 Å². The molecule has 0 radical (unpaired) electrons. The van der Waals surface area contributed by atoms with Crippen LogP contribution < -0.4 is 14.8 Å². The van der Waals surface area contributed by atoms with E-state index in [9.17, 15) is 13.6 Å². The second kappa shape index (κ2) is 11.9. The van der Waals surface area contributed by atoms with Crippen LogP contribution in [0.2, 0.25) is 0 Å². The SMILES string of the molecule is Cn1cc(NC(=O)c2cnn3cccnc23)c(-c2cc(Oc3cnn(CCN4CCCCC4)c3)ccc2OC(F)F)n1. The van der Waals surface area contributed by atoms with Crippen molar-refractivity contribution in [2.75, 3.05) is 25.0 Å². The van der Waals surface area contributed by atoms with Gasteiger partial charge in [0.1, 0.15) is 22.8 Å². The van der Waals surface area contributed by atoms with E-state index in [4.69, 9.17) is 9.47 Å². The van der Waals surface area contributed by atoms with Crippen molar-refractivity contribution in [3.63, 3.8) is 0 Å². The Morgan fingerprint density at radius 2 is 1.93 bits per heavy atom. The fourth-order valence-electron chi connectivity index (χ4n) is 4.99. The summed E-state index contributed by atoms with van der Waals surface area (Å²) in [6, 6.07) is 6.14. The van der Waals surface area contributed by atoms with Crippen LogP contribution in [0.3, 0.4) is 0 Å². The summed E-state index contributed by atoms with van der Waals surface area (Å²) >= 11 is 0. The normalized spacial score (nSPS) is 14.0. The molecule has 5 aromatic rings. The summed E-state index contributed by atoms with van der Waals surface area (Å²) in [5, 5.41) is 15.8. The molecule has 218 valence electrons. The summed E-state index contributed by atoms with van der Waals surface area (Å²) in [6.45, 7) is 0.776. The number of fused-ring (bicyclic) bond motifs is 1. The molecule has 42 heavy (non-hydrogen) atoms. The van der Waals surface area contributed by atoms with Gasteiger partial charge in [0.15, 0.2) is 11.4 Å². The Balaban J connectivity index is 1.24. The number of carbonyl (C=O) groups excluding carboxylic acids is 1. The van der Waals surface area contributed by atoms with Crippen LogP contribution in [0.4, 0.5) is 14.5 Å². The first-order valence-corrected chi connectivity index (χ1v) is 13.6. The number of carbonyl (C=O) groups is 1. The molecule has 0 unspecified atom stereocenters. The van der Waals surface area contributed by atoms with Gasteiger partial charge in [0.2, 0.25) is 0 Å². The Morgan fingerprint density at radius 3 is 2.76 bits per heavy atom. The number of aryl methyl sites for hydroxylation is 1. The zero-order valence-electron chi connectivity index (χ0n) is 22.9. The van der Waals surface area contributed by atoms with Crippen molar-refractivity contribution >= 4 is 17.2 Å². The number of alkyl halides is 2. The maximum atomic E-state index is 13.3. The highest BCUT2D eigenvalue weighted by molar-refractivity contribution is 6.09. The highest BCUT2D eigenvalue weighted by Crippen LogP contribution is 2.38. The number of piperidine rings is 1. The zero-order valence-corrected chi connectivity index (χ0v) is 22.9. The number of hydrogen-bond donors (Lipinski definition) is 1. The minimum absolute atomic E-state index is 0.124. The molecule has 0 saturated carbocycles. The summed E-state index contributed by atoms with van der Waals surface area (Å²) in [4.78, 5) is 19.8. The highest BCUT2D eigenvalue weighted by atomic mass is 19.3. The molecule has 1 saturated heterocycles. The molecule has 1 N–H and O–H groups in total. The third-order valence-electron chi connectivity index (χ3n) is 6.96. The Labute approximate surface area is 239 Å². The van der Waals surface area contributed by atoms with Crippen molar-refractivity contribution in [2.24, 2.45) is 7.05 Å². The van der Waals surface area contributed by atoms with E-state index in [0.29, 0.717) is 17.1 Å². The van der Waals surface area contributed by atoms with Crippen molar-refractivity contribution in [2.45, 2.75) is 32.4 Å². The fourth-order valence-corrected chi connectivity index (χ4v) is 4.99. The number of ether oxygens (including phenoxy) is 2. The first kappa shape index (κ1) is 27.3. The van der Waals surface area contributed by atoms with Gasteiger partial charge in [-0.15, -0.1) is 0 Å². The number of benzene rings is 1. The minimum atomic E-state index is -3.07. The number of anilines is 1. The molecule has 0 bridgehead atoms. The molecule has 6 rings (SSSR count). The van der Waals surface area contributed by atoms with Crippen molar-refractivity contribution in [3.05, 3.63) is 67.0 Å². The van der Waals surface area contributed by atoms with Gasteiger partial charge in [-0.05, 0) is 50.2 Å². The second-order valence-corrected chi connectivity index (χ2v) is 9.95. The van der Waals surface area contributed by atoms with E-state index in [0.717, 1.165) is 26.2 Å². The topological polar surface area (TPSA) is 117 Å². The Hall–Kier alpha value is -4.85. The molecule has 0 aliphatic carbocycles. The Kier molecular flexibility index (Phi) is 7.77. The van der Waals surface area contributed by atoms with E-state index in [2.05, 4.69) is 30.5 Å². The van der Waals surface area contributed by atoms with Gasteiger partial charge in [-0.1, -0.05) is 6.42 Å². The number of likely N-dealkylation sites (tertiary alicyclic amines) is 1. The predicted octanol–water partition coefficient (Wildman–Crippen LogP) is 4.46. The van der Waals surface area contributed by atoms with Crippen molar-refractivity contribution in [3.8, 4) is 28.5 Å². The number of rotatable bonds is 10. The van der Waals surface area contributed by atoms with Crippen LogP contribution in [-0.4, -0.2) is 71.2 Å². The highest BCUT2D eigenvalue weighted by Gasteiger charge is 2.22. The minimum Gasteiger partial charge on any atom is -0.454 e. The smallest absolute Gasteiger partial charge is 0.387 e. The Bertz CT molecular complexity index is 1690. The average molecular weight is 578 g/mol. The molecule has 4 aromatic heterocycles. The number of halogens is 2. The Morgan fingerprint density at radius 1 is 1.07 bits per heavy atom. The average Bonchev–Trinajstić information content (AvgIpc) is 3.71. The third kappa shape index (κ3) is 6.07. The van der Waals surface area contributed by atoms with Crippen LogP contribution in [-0.2, 0) is 13.6 Å². The molecule has 1 amide bonds. The lowest BCUT2D eigenvalue weighted by molar-refractivity contribution is -0.0494. The van der Waals surface area contributed by atoms with Crippen molar-refractivity contribution < 1.29 is 23.0 Å². The quantitative estimate of drug-likeness (QED) is 0.259. The molecule has 5 heterocycles. The summed E-state index contributed by atoms with van der Waals surface area (Å²) in [5.41, 5.74) is 1.31. The maximum absolute atomic E-state index is 13.3. The van der Waals surface area contributed by atoms with Gasteiger partial charge in [0, 0.05) is 32.2 Å². The largest absolute Gasteiger partial charge is 0.454 e. The van der Waals surface area contributed by atoms with E-state index in [-0.39, 0.29) is 28.3 Å². The van der Waals surface area contributed by atoms with Gasteiger partial charge in [-0.25, -0.2) is 9.50 Å². The van der Waals surface area contributed by atoms with Gasteiger partial charge in [0.05, 0.1) is 36.4 Å². The summed E-state index contributed by atoms with van der Waals surface area (Å²) in [6.07, 6.45) is 13.3. The molecule has 1 aliphatic heterocycles. The first-order chi connectivity index (χ1) is 20.4. The molecular formula is C28H29F2N9O3. The lowest BCUT2D eigenvalue weighted by atomic mass is 10.1. The third-order valence-corrected chi connectivity index (χ3v) is 6.96. The van der Waals surface area contributed by atoms with Gasteiger partial charge in [-0.3, -0.25) is 14.2 Å². The predicted molar refractivity (Wildman–Crippen MR) is 149 cm³/mol. The molecule has 0 atom stereocenters. The van der Waals surface area contributed by atoms with Crippen LogP contribution in [0.5, 0.6) is 17.2 Å². The number of amides is 1. The molecule has 14 heteroatoms. The molecule has 0 spiro atoms. The summed E-state index contributed by atoms with van der Waals surface area (Å²) in [7, 11) is 1.66. The van der Waals surface area contributed by atoms with E-state index in [1.54, 1.807) is 44.1 Å². The summed E-state index contributed by atoms with van der Waals surface area (Å²) in [5.74, 6) is 0.245. The molecule has 1 aliphatic rings. The number of nitrogens with one attached hydrogen (secondary N) is 1. The maximum Gasteiger partial charge on any atom is 0.387 e. The van der Waals surface area contributed by atoms with Crippen molar-refractivity contribution in [1.29, 1.82) is 0 Å². The molecule has 12 nitrogen and oxygen atoms in total. The van der Waals surface area contributed by atoms with Gasteiger partial charge >= 0.3 is 6.61 Å². The lowest BCUT2D eigenvalue weighted by Crippen LogP contribution is -2.32. The van der Waals surface area contributed by atoms with Crippen LogP contribution >= 0.6 is 0 Å². The number of nitrogens with zero attached hydrogens (tertiary/aromatic N) is 8. The molecule has 1 fully saturated rings. The monoisotopic (exact) mass is 577 g/mol. The number of aromatic nitrogens is 7.